The number of nitrogens with one attached hydrogen (secondary N) is 2. The zero-order chi connectivity index (χ0) is 18.5. The van der Waals surface area contributed by atoms with E-state index in [0.29, 0.717) is 28.6 Å². The fraction of sp³-hybridized carbons (Fsp3) is 0.118. The molecule has 1 aromatic heterocycles. The topological polar surface area (TPSA) is 113 Å². The molecule has 0 saturated carbocycles. The molecule has 9 heteroatoms. The molecule has 0 amide bonds. The molecule has 0 atom stereocenters. The Labute approximate surface area is 149 Å². The SMILES string of the molecule is O=c1ccc2c(NS(=O)(=O)c3ccc4c(c3)S(=O)(=O)CC4)cccc2[nH]1. The first-order valence-corrected chi connectivity index (χ1v) is 10.9. The van der Waals surface area contributed by atoms with Gasteiger partial charge in [0.05, 0.1) is 26.7 Å². The van der Waals surface area contributed by atoms with Gasteiger partial charge in [0, 0.05) is 11.5 Å². The standard InChI is InChI=1S/C17H14N2O5S2/c20-17-7-6-13-14(18-17)2-1-3-15(13)19-26(23,24)12-5-4-11-8-9-25(21,22)16(11)10-12/h1-7,10,19H,8-9H2,(H,18,20). The van der Waals surface area contributed by atoms with Gasteiger partial charge in [-0.2, -0.15) is 0 Å². The Hall–Kier alpha value is -2.65. The van der Waals surface area contributed by atoms with E-state index >= 15 is 0 Å². The molecule has 4 rings (SSSR count). The minimum Gasteiger partial charge on any atom is -0.322 e. The number of sulfone groups is 1. The Morgan fingerprint density at radius 2 is 1.85 bits per heavy atom. The fourth-order valence-corrected chi connectivity index (χ4v) is 5.80. The van der Waals surface area contributed by atoms with Gasteiger partial charge in [0.15, 0.2) is 9.84 Å². The maximum Gasteiger partial charge on any atom is 0.261 e. The van der Waals surface area contributed by atoms with Crippen molar-refractivity contribution in [2.45, 2.75) is 16.2 Å². The van der Waals surface area contributed by atoms with Crippen LogP contribution in [0.15, 0.2) is 63.1 Å². The lowest BCUT2D eigenvalue weighted by Gasteiger charge is -2.11. The number of H-pyrrole nitrogens is 1. The highest BCUT2D eigenvalue weighted by Crippen LogP contribution is 2.30. The van der Waals surface area contributed by atoms with E-state index in [9.17, 15) is 21.6 Å². The van der Waals surface area contributed by atoms with Crippen LogP contribution in [0.3, 0.4) is 0 Å². The van der Waals surface area contributed by atoms with Crippen molar-refractivity contribution in [3.63, 3.8) is 0 Å². The van der Waals surface area contributed by atoms with Crippen molar-refractivity contribution < 1.29 is 16.8 Å². The van der Waals surface area contributed by atoms with Crippen molar-refractivity contribution in [3.05, 3.63) is 64.4 Å². The third kappa shape index (κ3) is 2.78. The van der Waals surface area contributed by atoms with E-state index in [-0.39, 0.29) is 21.1 Å². The van der Waals surface area contributed by atoms with E-state index < -0.39 is 19.9 Å². The molecular formula is C17H14N2O5S2. The van der Waals surface area contributed by atoms with Gasteiger partial charge in [0.2, 0.25) is 5.56 Å². The van der Waals surface area contributed by atoms with Crippen molar-refractivity contribution in [2.75, 3.05) is 10.5 Å². The molecule has 0 aliphatic carbocycles. The summed E-state index contributed by atoms with van der Waals surface area (Å²) < 4.78 is 52.1. The number of aromatic amines is 1. The van der Waals surface area contributed by atoms with E-state index in [1.165, 1.54) is 30.3 Å². The maximum atomic E-state index is 12.7. The molecule has 0 spiro atoms. The average Bonchev–Trinajstić information content (AvgIpc) is 2.89. The van der Waals surface area contributed by atoms with Gasteiger partial charge in [-0.05, 0) is 42.3 Å². The van der Waals surface area contributed by atoms with Gasteiger partial charge in [-0.1, -0.05) is 12.1 Å². The summed E-state index contributed by atoms with van der Waals surface area (Å²) in [5.74, 6) is -0.00402. The molecule has 2 heterocycles. The second-order valence-corrected chi connectivity index (χ2v) is 9.79. The Morgan fingerprint density at radius 3 is 2.65 bits per heavy atom. The second-order valence-electron chi connectivity index (χ2n) is 6.03. The van der Waals surface area contributed by atoms with Gasteiger partial charge in [-0.15, -0.1) is 0 Å². The molecule has 2 aromatic carbocycles. The fourth-order valence-electron chi connectivity index (χ4n) is 3.03. The lowest BCUT2D eigenvalue weighted by molar-refractivity contribution is 0.599. The molecule has 1 aliphatic rings. The smallest absolute Gasteiger partial charge is 0.261 e. The number of aryl methyl sites for hydroxylation is 1. The van der Waals surface area contributed by atoms with Crippen LogP contribution in [0.2, 0.25) is 0 Å². The molecule has 0 bridgehead atoms. The highest BCUT2D eigenvalue weighted by atomic mass is 32.2. The summed E-state index contributed by atoms with van der Waals surface area (Å²) in [6.07, 6.45) is 0.391. The van der Waals surface area contributed by atoms with Gasteiger partial charge in [-0.3, -0.25) is 9.52 Å². The lowest BCUT2D eigenvalue weighted by atomic mass is 10.2. The Bertz CT molecular complexity index is 1310. The predicted molar refractivity (Wildman–Crippen MR) is 97.6 cm³/mol. The molecule has 0 saturated heterocycles. The number of aromatic nitrogens is 1. The number of pyridine rings is 1. The average molecular weight is 390 g/mol. The number of fused-ring (bicyclic) bond motifs is 2. The summed E-state index contributed by atoms with van der Waals surface area (Å²) in [6, 6.07) is 11.8. The van der Waals surface area contributed by atoms with Crippen LogP contribution in [0.4, 0.5) is 5.69 Å². The van der Waals surface area contributed by atoms with Crippen LogP contribution < -0.4 is 10.3 Å². The Kier molecular flexibility index (Phi) is 3.67. The minimum absolute atomic E-state index is 0.00402. The van der Waals surface area contributed by atoms with Crippen LogP contribution >= 0.6 is 0 Å². The third-order valence-electron chi connectivity index (χ3n) is 4.33. The minimum atomic E-state index is -3.99. The molecule has 26 heavy (non-hydrogen) atoms. The first-order valence-electron chi connectivity index (χ1n) is 7.77. The molecular weight excluding hydrogens is 376 g/mol. The van der Waals surface area contributed by atoms with E-state index in [4.69, 9.17) is 0 Å². The summed E-state index contributed by atoms with van der Waals surface area (Å²) in [4.78, 5) is 14.0. The summed E-state index contributed by atoms with van der Waals surface area (Å²) in [5.41, 5.74) is 1.13. The second kappa shape index (κ2) is 5.68. The molecule has 134 valence electrons. The van der Waals surface area contributed by atoms with Gasteiger partial charge < -0.3 is 4.98 Å². The monoisotopic (exact) mass is 390 g/mol. The molecule has 0 fully saturated rings. The van der Waals surface area contributed by atoms with Crippen molar-refractivity contribution in [2.24, 2.45) is 0 Å². The van der Waals surface area contributed by atoms with E-state index in [2.05, 4.69) is 9.71 Å². The summed E-state index contributed by atoms with van der Waals surface area (Å²) in [7, 11) is -7.43. The molecule has 1 aliphatic heterocycles. The van der Waals surface area contributed by atoms with Gasteiger partial charge in [0.25, 0.3) is 10.0 Å². The number of hydrogen-bond donors (Lipinski definition) is 2. The maximum absolute atomic E-state index is 12.7. The number of sulfonamides is 1. The Morgan fingerprint density at radius 1 is 1.04 bits per heavy atom. The summed E-state index contributed by atoms with van der Waals surface area (Å²) >= 11 is 0. The van der Waals surface area contributed by atoms with Crippen molar-refractivity contribution in [1.29, 1.82) is 0 Å². The summed E-state index contributed by atoms with van der Waals surface area (Å²) in [5, 5.41) is 0.532. The largest absolute Gasteiger partial charge is 0.322 e. The molecule has 0 unspecified atom stereocenters. The zero-order valence-corrected chi connectivity index (χ0v) is 15.0. The number of hydrogen-bond acceptors (Lipinski definition) is 5. The molecule has 3 aromatic rings. The van der Waals surface area contributed by atoms with E-state index in [0.717, 1.165) is 0 Å². The zero-order valence-electron chi connectivity index (χ0n) is 13.4. The first-order chi connectivity index (χ1) is 12.3. The van der Waals surface area contributed by atoms with Crippen LogP contribution in [0.5, 0.6) is 0 Å². The number of benzene rings is 2. The van der Waals surface area contributed by atoms with E-state index in [1.54, 1.807) is 18.2 Å². The highest BCUT2D eigenvalue weighted by Gasteiger charge is 2.28. The highest BCUT2D eigenvalue weighted by molar-refractivity contribution is 7.93. The number of rotatable bonds is 3. The number of anilines is 1. The quantitative estimate of drug-likeness (QED) is 0.706. The normalized spacial score (nSPS) is 15.7. The van der Waals surface area contributed by atoms with Crippen molar-refractivity contribution in [3.8, 4) is 0 Å². The van der Waals surface area contributed by atoms with Crippen LogP contribution in [0, 0.1) is 0 Å². The molecule has 2 N–H and O–H groups in total. The van der Waals surface area contributed by atoms with Gasteiger partial charge in [-0.25, -0.2) is 16.8 Å². The van der Waals surface area contributed by atoms with Gasteiger partial charge in [0.1, 0.15) is 0 Å². The van der Waals surface area contributed by atoms with Crippen molar-refractivity contribution in [1.82, 2.24) is 4.98 Å². The van der Waals surface area contributed by atoms with Gasteiger partial charge >= 0.3 is 0 Å². The molecule has 0 radical (unpaired) electrons. The van der Waals surface area contributed by atoms with Crippen LogP contribution in [-0.4, -0.2) is 27.6 Å². The van der Waals surface area contributed by atoms with Crippen molar-refractivity contribution >= 4 is 36.5 Å². The molecule has 7 nitrogen and oxygen atoms in total. The predicted octanol–water partition coefficient (Wildman–Crippen LogP) is 1.66. The van der Waals surface area contributed by atoms with E-state index in [1.807, 2.05) is 0 Å². The third-order valence-corrected chi connectivity index (χ3v) is 7.49. The summed E-state index contributed by atoms with van der Waals surface area (Å²) in [6.45, 7) is 0. The lowest BCUT2D eigenvalue weighted by Crippen LogP contribution is -2.14. The first kappa shape index (κ1) is 16.8. The Balaban J connectivity index is 1.79. The van der Waals surface area contributed by atoms with Crippen LogP contribution in [0.25, 0.3) is 10.9 Å². The van der Waals surface area contributed by atoms with Crippen LogP contribution in [-0.2, 0) is 26.3 Å². The van der Waals surface area contributed by atoms with Crippen LogP contribution in [0.1, 0.15) is 5.56 Å².